The summed E-state index contributed by atoms with van der Waals surface area (Å²) in [5, 5.41) is 3.29. The van der Waals surface area contributed by atoms with Crippen LogP contribution >= 0.6 is 11.8 Å². The third-order valence-corrected chi connectivity index (χ3v) is 5.53. The largest absolute Gasteiger partial charge is 0.315 e. The van der Waals surface area contributed by atoms with Gasteiger partial charge in [0.05, 0.1) is 5.75 Å². The average molecular weight is 266 g/mol. The Bertz CT molecular complexity index is 281. The number of sulfonamides is 1. The predicted octanol–water partition coefficient (Wildman–Crippen LogP) is 0.755. The lowest BCUT2D eigenvalue weighted by Crippen LogP contribution is -2.33. The average Bonchev–Trinajstić information content (AvgIpc) is 2.57. The number of hydrogen-bond donors (Lipinski definition) is 1. The molecule has 0 saturated carbocycles. The summed E-state index contributed by atoms with van der Waals surface area (Å²) in [5.74, 6) is 2.69. The maximum Gasteiger partial charge on any atom is 0.214 e. The van der Waals surface area contributed by atoms with Gasteiger partial charge in [0.15, 0.2) is 0 Å². The quantitative estimate of drug-likeness (QED) is 0.659. The van der Waals surface area contributed by atoms with Gasteiger partial charge in [0.2, 0.25) is 10.0 Å². The number of rotatable bonds is 8. The van der Waals surface area contributed by atoms with Gasteiger partial charge in [0.1, 0.15) is 0 Å². The Balaban J connectivity index is 1.99. The van der Waals surface area contributed by atoms with Gasteiger partial charge in [-0.15, -0.1) is 0 Å². The van der Waals surface area contributed by atoms with Crippen LogP contribution in [0.15, 0.2) is 0 Å². The van der Waals surface area contributed by atoms with E-state index in [0.717, 1.165) is 25.9 Å². The first kappa shape index (κ1) is 14.3. The van der Waals surface area contributed by atoms with Gasteiger partial charge in [-0.3, -0.25) is 0 Å². The van der Waals surface area contributed by atoms with Gasteiger partial charge in [0, 0.05) is 19.6 Å². The van der Waals surface area contributed by atoms with Crippen LogP contribution in [0, 0.1) is 0 Å². The van der Waals surface area contributed by atoms with Crippen molar-refractivity contribution < 1.29 is 8.42 Å². The molecule has 0 bridgehead atoms. The minimum atomic E-state index is -2.90. The van der Waals surface area contributed by atoms with E-state index in [9.17, 15) is 8.42 Å². The van der Waals surface area contributed by atoms with Crippen LogP contribution in [-0.4, -0.2) is 56.2 Å². The first-order chi connectivity index (χ1) is 7.67. The molecule has 96 valence electrons. The highest BCUT2D eigenvalue weighted by Gasteiger charge is 2.27. The maximum atomic E-state index is 11.5. The molecular formula is C10H22N2O2S2. The molecule has 1 aliphatic heterocycles. The zero-order valence-corrected chi connectivity index (χ0v) is 11.6. The van der Waals surface area contributed by atoms with E-state index in [4.69, 9.17) is 0 Å². The van der Waals surface area contributed by atoms with Crippen molar-refractivity contribution in [2.75, 3.05) is 43.4 Å². The Morgan fingerprint density at radius 2 is 2.19 bits per heavy atom. The lowest BCUT2D eigenvalue weighted by atomic mass is 10.4. The Hall–Kier alpha value is 0.220. The van der Waals surface area contributed by atoms with Crippen LogP contribution < -0.4 is 5.32 Å². The number of nitrogens with one attached hydrogen (secondary N) is 1. The highest BCUT2D eigenvalue weighted by atomic mass is 32.2. The van der Waals surface area contributed by atoms with Gasteiger partial charge in [-0.1, -0.05) is 6.92 Å². The van der Waals surface area contributed by atoms with E-state index < -0.39 is 10.0 Å². The Morgan fingerprint density at radius 1 is 1.38 bits per heavy atom. The zero-order chi connectivity index (χ0) is 11.9. The molecule has 0 spiro atoms. The smallest absolute Gasteiger partial charge is 0.214 e. The molecule has 4 nitrogen and oxygen atoms in total. The molecule has 0 atom stereocenters. The molecule has 1 fully saturated rings. The summed E-state index contributed by atoms with van der Waals surface area (Å²) in [5.41, 5.74) is 0. The lowest BCUT2D eigenvalue weighted by Gasteiger charge is -2.14. The molecule has 0 amide bonds. The van der Waals surface area contributed by atoms with E-state index in [1.54, 1.807) is 4.31 Å². The second kappa shape index (κ2) is 7.53. The van der Waals surface area contributed by atoms with Gasteiger partial charge in [0.25, 0.3) is 0 Å². The molecule has 16 heavy (non-hydrogen) atoms. The van der Waals surface area contributed by atoms with Crippen LogP contribution in [0.25, 0.3) is 0 Å². The highest BCUT2D eigenvalue weighted by molar-refractivity contribution is 7.99. The van der Waals surface area contributed by atoms with Crippen LogP contribution in [0.4, 0.5) is 0 Å². The SMILES string of the molecule is CCSCCCNCCN1CCCS1(=O)=O. The van der Waals surface area contributed by atoms with Crippen molar-refractivity contribution in [3.8, 4) is 0 Å². The summed E-state index contributed by atoms with van der Waals surface area (Å²) in [6.07, 6.45) is 1.95. The maximum absolute atomic E-state index is 11.5. The van der Waals surface area contributed by atoms with E-state index in [1.165, 1.54) is 11.5 Å². The molecule has 0 aromatic carbocycles. The molecule has 6 heteroatoms. The normalized spacial score (nSPS) is 20.3. The number of nitrogens with zero attached hydrogens (tertiary/aromatic N) is 1. The summed E-state index contributed by atoms with van der Waals surface area (Å²) in [6.45, 7) is 5.26. The first-order valence-electron chi connectivity index (χ1n) is 5.93. The molecule has 1 heterocycles. The fourth-order valence-corrected chi connectivity index (χ4v) is 3.88. The monoisotopic (exact) mass is 266 g/mol. The van der Waals surface area contributed by atoms with Crippen LogP contribution in [0.5, 0.6) is 0 Å². The minimum absolute atomic E-state index is 0.333. The van der Waals surface area contributed by atoms with Crippen molar-refractivity contribution in [1.82, 2.24) is 9.62 Å². The molecule has 1 N–H and O–H groups in total. The van der Waals surface area contributed by atoms with E-state index in [2.05, 4.69) is 12.2 Å². The van der Waals surface area contributed by atoms with Gasteiger partial charge in [-0.25, -0.2) is 12.7 Å². The number of hydrogen-bond acceptors (Lipinski definition) is 4. The molecule has 0 aromatic heterocycles. The number of thioether (sulfide) groups is 1. The topological polar surface area (TPSA) is 49.4 Å². The minimum Gasteiger partial charge on any atom is -0.315 e. The van der Waals surface area contributed by atoms with Crippen molar-refractivity contribution in [2.45, 2.75) is 19.8 Å². The summed E-state index contributed by atoms with van der Waals surface area (Å²) in [4.78, 5) is 0. The zero-order valence-electron chi connectivity index (χ0n) is 9.94. The van der Waals surface area contributed by atoms with Crippen LogP contribution in [0.3, 0.4) is 0 Å². The standard InChI is InChI=1S/C10H22N2O2S2/c1-2-15-9-3-5-11-6-8-12-7-4-10-16(12,13)14/h11H,2-10H2,1H3. The Kier molecular flexibility index (Phi) is 6.72. The van der Waals surface area contributed by atoms with E-state index >= 15 is 0 Å². The molecular weight excluding hydrogens is 244 g/mol. The van der Waals surface area contributed by atoms with Crippen LogP contribution in [-0.2, 0) is 10.0 Å². The second-order valence-electron chi connectivity index (χ2n) is 3.87. The molecule has 0 unspecified atom stereocenters. The predicted molar refractivity (Wildman–Crippen MR) is 70.5 cm³/mol. The fourth-order valence-electron chi connectivity index (χ4n) is 1.71. The van der Waals surface area contributed by atoms with Crippen molar-refractivity contribution in [2.24, 2.45) is 0 Å². The van der Waals surface area contributed by atoms with Crippen LogP contribution in [0.1, 0.15) is 19.8 Å². The van der Waals surface area contributed by atoms with E-state index in [0.29, 0.717) is 18.8 Å². The van der Waals surface area contributed by atoms with Crippen molar-refractivity contribution in [3.05, 3.63) is 0 Å². The van der Waals surface area contributed by atoms with E-state index in [-0.39, 0.29) is 0 Å². The van der Waals surface area contributed by atoms with Gasteiger partial charge in [-0.2, -0.15) is 11.8 Å². The summed E-state index contributed by atoms with van der Waals surface area (Å²) >= 11 is 1.94. The molecule has 1 rings (SSSR count). The fraction of sp³-hybridized carbons (Fsp3) is 1.00. The lowest BCUT2D eigenvalue weighted by molar-refractivity contribution is 0.434. The molecule has 1 saturated heterocycles. The second-order valence-corrected chi connectivity index (χ2v) is 7.35. The van der Waals surface area contributed by atoms with Crippen molar-refractivity contribution >= 4 is 21.8 Å². The summed E-state index contributed by atoms with van der Waals surface area (Å²) in [7, 11) is -2.90. The van der Waals surface area contributed by atoms with Crippen LogP contribution in [0.2, 0.25) is 0 Å². The summed E-state index contributed by atoms with van der Waals surface area (Å²) in [6, 6.07) is 0. The third kappa shape index (κ3) is 5.03. The first-order valence-corrected chi connectivity index (χ1v) is 8.69. The Morgan fingerprint density at radius 3 is 2.81 bits per heavy atom. The highest BCUT2D eigenvalue weighted by Crippen LogP contribution is 2.11. The van der Waals surface area contributed by atoms with Gasteiger partial charge in [-0.05, 0) is 30.9 Å². The van der Waals surface area contributed by atoms with Gasteiger partial charge >= 0.3 is 0 Å². The molecule has 0 radical (unpaired) electrons. The van der Waals surface area contributed by atoms with Gasteiger partial charge < -0.3 is 5.32 Å². The molecule has 0 aliphatic carbocycles. The van der Waals surface area contributed by atoms with Crippen molar-refractivity contribution in [3.63, 3.8) is 0 Å². The van der Waals surface area contributed by atoms with E-state index in [1.807, 2.05) is 11.8 Å². The third-order valence-electron chi connectivity index (χ3n) is 2.59. The molecule has 1 aliphatic rings. The Labute approximate surface area is 103 Å². The summed E-state index contributed by atoms with van der Waals surface area (Å²) < 4.78 is 24.5. The molecule has 0 aromatic rings. The van der Waals surface area contributed by atoms with Crippen molar-refractivity contribution in [1.29, 1.82) is 0 Å².